The van der Waals surface area contributed by atoms with E-state index < -0.39 is 0 Å². The molecule has 3 aromatic rings. The van der Waals surface area contributed by atoms with Crippen LogP contribution in [0.3, 0.4) is 0 Å². The van der Waals surface area contributed by atoms with Crippen LogP contribution in [0.15, 0.2) is 42.7 Å². The van der Waals surface area contributed by atoms with Gasteiger partial charge in [0.25, 0.3) is 5.91 Å². The average molecular weight is 300 g/mol. The Morgan fingerprint density at radius 3 is 2.67 bits per heavy atom. The summed E-state index contributed by atoms with van der Waals surface area (Å²) in [6, 6.07) is 9.45. The number of fused-ring (bicyclic) bond motifs is 1. The molecule has 0 aliphatic carbocycles. The minimum Gasteiger partial charge on any atom is -0.336 e. The summed E-state index contributed by atoms with van der Waals surface area (Å²) in [6.07, 6.45) is 3.37. The predicted octanol–water partition coefficient (Wildman–Crippen LogP) is 3.79. The van der Waals surface area contributed by atoms with Crippen LogP contribution in [0.2, 0.25) is 5.02 Å². The van der Waals surface area contributed by atoms with E-state index in [0.717, 1.165) is 22.3 Å². The second kappa shape index (κ2) is 5.22. The van der Waals surface area contributed by atoms with Gasteiger partial charge in [0.05, 0.1) is 10.6 Å². The van der Waals surface area contributed by atoms with E-state index >= 15 is 0 Å². The fourth-order valence-electron chi connectivity index (χ4n) is 2.17. The van der Waals surface area contributed by atoms with Gasteiger partial charge in [-0.05, 0) is 25.1 Å². The number of pyridine rings is 1. The largest absolute Gasteiger partial charge is 0.336 e. The second-order valence-electron chi connectivity index (χ2n) is 4.97. The lowest BCUT2D eigenvalue weighted by Gasteiger charge is -2.08. The van der Waals surface area contributed by atoms with Gasteiger partial charge < -0.3 is 9.88 Å². The normalized spacial score (nSPS) is 10.8. The minimum atomic E-state index is -0.262. The number of carbonyl (C=O) groups excluding carboxylic acids is 1. The maximum Gasteiger partial charge on any atom is 0.258 e. The van der Waals surface area contributed by atoms with Gasteiger partial charge in [0.15, 0.2) is 0 Å². The van der Waals surface area contributed by atoms with E-state index in [2.05, 4.69) is 10.3 Å². The number of anilines is 1. The fraction of sp³-hybridized carbons (Fsp3) is 0.125. The molecule has 0 saturated carbocycles. The molecule has 0 saturated heterocycles. The number of hydrogen-bond donors (Lipinski definition) is 1. The third-order valence-electron chi connectivity index (χ3n) is 3.38. The molecule has 0 bridgehead atoms. The zero-order valence-corrected chi connectivity index (χ0v) is 12.5. The lowest BCUT2D eigenvalue weighted by molar-refractivity contribution is 0.102. The first-order valence-electron chi connectivity index (χ1n) is 6.54. The molecule has 21 heavy (non-hydrogen) atoms. The molecule has 1 aromatic carbocycles. The van der Waals surface area contributed by atoms with Crippen molar-refractivity contribution >= 4 is 34.2 Å². The van der Waals surface area contributed by atoms with E-state index in [0.29, 0.717) is 10.6 Å². The van der Waals surface area contributed by atoms with Gasteiger partial charge in [-0.3, -0.25) is 4.79 Å². The molecule has 0 radical (unpaired) electrons. The van der Waals surface area contributed by atoms with Crippen molar-refractivity contribution in [2.45, 2.75) is 6.92 Å². The summed E-state index contributed by atoms with van der Waals surface area (Å²) in [5, 5.41) is 4.02. The number of carbonyl (C=O) groups is 1. The standard InChI is InChI=1S/C16H14ClN3O/c1-10-3-5-11(6-4-10)19-16(21)13-9-18-15-12(14(13)17)7-8-20(15)2/h3-9H,1-2H3,(H,19,21). The third kappa shape index (κ3) is 2.50. The molecule has 1 amide bonds. The zero-order valence-electron chi connectivity index (χ0n) is 11.7. The Balaban J connectivity index is 1.94. The molecule has 0 spiro atoms. The molecule has 2 aromatic heterocycles. The van der Waals surface area contributed by atoms with Gasteiger partial charge in [-0.1, -0.05) is 29.3 Å². The molecule has 0 fully saturated rings. The average Bonchev–Trinajstić information content (AvgIpc) is 2.84. The maximum atomic E-state index is 12.3. The molecular formula is C16H14ClN3O. The summed E-state index contributed by atoms with van der Waals surface area (Å²) >= 11 is 6.33. The van der Waals surface area contributed by atoms with Crippen molar-refractivity contribution < 1.29 is 4.79 Å². The first-order valence-corrected chi connectivity index (χ1v) is 6.91. The molecule has 0 unspecified atom stereocenters. The fourth-order valence-corrected chi connectivity index (χ4v) is 2.46. The van der Waals surface area contributed by atoms with E-state index in [1.807, 2.05) is 55.1 Å². The second-order valence-corrected chi connectivity index (χ2v) is 5.35. The first kappa shape index (κ1) is 13.6. The summed E-state index contributed by atoms with van der Waals surface area (Å²) < 4.78 is 1.86. The highest BCUT2D eigenvalue weighted by Crippen LogP contribution is 2.26. The Bertz CT molecular complexity index is 821. The van der Waals surface area contributed by atoms with E-state index in [4.69, 9.17) is 11.6 Å². The molecule has 0 atom stereocenters. The van der Waals surface area contributed by atoms with Gasteiger partial charge >= 0.3 is 0 Å². The van der Waals surface area contributed by atoms with Crippen LogP contribution in [-0.2, 0) is 7.05 Å². The van der Waals surface area contributed by atoms with E-state index in [1.54, 1.807) is 0 Å². The molecule has 1 N–H and O–H groups in total. The van der Waals surface area contributed by atoms with Crippen molar-refractivity contribution in [2.75, 3.05) is 5.32 Å². The van der Waals surface area contributed by atoms with Crippen molar-refractivity contribution in [3.63, 3.8) is 0 Å². The topological polar surface area (TPSA) is 46.9 Å². The van der Waals surface area contributed by atoms with Gasteiger partial charge in [0, 0.05) is 30.5 Å². The van der Waals surface area contributed by atoms with Crippen LogP contribution in [0.4, 0.5) is 5.69 Å². The summed E-state index contributed by atoms with van der Waals surface area (Å²) in [5.74, 6) is -0.262. The van der Waals surface area contributed by atoms with Crippen LogP contribution in [0.25, 0.3) is 11.0 Å². The highest BCUT2D eigenvalue weighted by molar-refractivity contribution is 6.38. The number of nitrogens with zero attached hydrogens (tertiary/aromatic N) is 2. The van der Waals surface area contributed by atoms with Crippen LogP contribution >= 0.6 is 11.6 Å². The Morgan fingerprint density at radius 1 is 1.24 bits per heavy atom. The Hall–Kier alpha value is -2.33. The van der Waals surface area contributed by atoms with Crippen LogP contribution in [0.1, 0.15) is 15.9 Å². The van der Waals surface area contributed by atoms with Crippen molar-refractivity contribution in [3.05, 3.63) is 58.9 Å². The molecule has 0 aliphatic rings. The van der Waals surface area contributed by atoms with E-state index in [1.165, 1.54) is 6.20 Å². The van der Waals surface area contributed by atoms with Crippen molar-refractivity contribution in [1.29, 1.82) is 0 Å². The van der Waals surface area contributed by atoms with Gasteiger partial charge in [-0.2, -0.15) is 0 Å². The lowest BCUT2D eigenvalue weighted by atomic mass is 10.2. The van der Waals surface area contributed by atoms with E-state index in [-0.39, 0.29) is 5.91 Å². The molecule has 5 heteroatoms. The number of nitrogens with one attached hydrogen (secondary N) is 1. The molecule has 106 valence electrons. The lowest BCUT2D eigenvalue weighted by Crippen LogP contribution is -2.13. The first-order chi connectivity index (χ1) is 10.1. The smallest absolute Gasteiger partial charge is 0.258 e. The Morgan fingerprint density at radius 2 is 1.95 bits per heavy atom. The minimum absolute atomic E-state index is 0.262. The van der Waals surface area contributed by atoms with Crippen LogP contribution < -0.4 is 5.32 Å². The van der Waals surface area contributed by atoms with Crippen molar-refractivity contribution in [1.82, 2.24) is 9.55 Å². The number of benzene rings is 1. The highest BCUT2D eigenvalue weighted by Gasteiger charge is 2.15. The Kier molecular flexibility index (Phi) is 3.39. The molecule has 0 aliphatic heterocycles. The zero-order chi connectivity index (χ0) is 15.0. The highest BCUT2D eigenvalue weighted by atomic mass is 35.5. The number of amides is 1. The summed E-state index contributed by atoms with van der Waals surface area (Å²) in [7, 11) is 1.89. The quantitative estimate of drug-likeness (QED) is 0.782. The van der Waals surface area contributed by atoms with Crippen molar-refractivity contribution in [2.24, 2.45) is 7.05 Å². The molecule has 3 rings (SSSR count). The van der Waals surface area contributed by atoms with Gasteiger partial charge in [-0.25, -0.2) is 4.98 Å². The van der Waals surface area contributed by atoms with Crippen LogP contribution in [0.5, 0.6) is 0 Å². The number of aromatic nitrogens is 2. The molecule has 2 heterocycles. The summed E-state index contributed by atoms with van der Waals surface area (Å²) in [4.78, 5) is 16.6. The predicted molar refractivity (Wildman–Crippen MR) is 84.9 cm³/mol. The van der Waals surface area contributed by atoms with Gasteiger partial charge in [-0.15, -0.1) is 0 Å². The molecular weight excluding hydrogens is 286 g/mol. The van der Waals surface area contributed by atoms with Crippen LogP contribution in [0, 0.1) is 6.92 Å². The summed E-state index contributed by atoms with van der Waals surface area (Å²) in [5.41, 5.74) is 3.00. The van der Waals surface area contributed by atoms with Gasteiger partial charge in [0.2, 0.25) is 0 Å². The van der Waals surface area contributed by atoms with Crippen LogP contribution in [-0.4, -0.2) is 15.5 Å². The monoisotopic (exact) mass is 299 g/mol. The maximum absolute atomic E-state index is 12.3. The van der Waals surface area contributed by atoms with Gasteiger partial charge in [0.1, 0.15) is 5.65 Å². The third-order valence-corrected chi connectivity index (χ3v) is 3.79. The number of halogens is 1. The Labute approximate surface area is 127 Å². The van der Waals surface area contributed by atoms with E-state index in [9.17, 15) is 4.79 Å². The summed E-state index contributed by atoms with van der Waals surface area (Å²) in [6.45, 7) is 2.00. The SMILES string of the molecule is Cc1ccc(NC(=O)c2cnc3c(ccn3C)c2Cl)cc1. The number of hydrogen-bond acceptors (Lipinski definition) is 2. The van der Waals surface area contributed by atoms with Crippen molar-refractivity contribution in [3.8, 4) is 0 Å². The number of aryl methyl sites for hydroxylation is 2. The number of rotatable bonds is 2. The molecule has 4 nitrogen and oxygen atoms in total.